The quantitative estimate of drug-likeness (QED) is 0.331. The summed E-state index contributed by atoms with van der Waals surface area (Å²) in [7, 11) is 0. The molecule has 1 saturated carbocycles. The van der Waals surface area contributed by atoms with Gasteiger partial charge in [-0.2, -0.15) is 0 Å². The van der Waals surface area contributed by atoms with E-state index < -0.39 is 0 Å². The Kier molecular flexibility index (Phi) is 5.64. The SMILES string of the molecule is C[C@@H]1CCCC[C@@H]1n1c(=O)n(Cc2ccc(OCc3ccccc3)cc2)c2cnc3[nH]ccc3c21. The summed E-state index contributed by atoms with van der Waals surface area (Å²) in [6, 6.07) is 20.4. The highest BCUT2D eigenvalue weighted by Crippen LogP contribution is 2.36. The lowest BCUT2D eigenvalue weighted by Crippen LogP contribution is -2.32. The number of H-pyrrole nitrogens is 1. The largest absolute Gasteiger partial charge is 0.489 e. The number of aromatic amines is 1. The van der Waals surface area contributed by atoms with Crippen LogP contribution in [0.2, 0.25) is 0 Å². The third-order valence-corrected chi connectivity index (χ3v) is 7.42. The molecule has 6 nitrogen and oxygen atoms in total. The number of aromatic nitrogens is 4. The Hall–Kier alpha value is -3.80. The van der Waals surface area contributed by atoms with Crippen LogP contribution in [-0.4, -0.2) is 19.1 Å². The molecule has 0 spiro atoms. The predicted molar refractivity (Wildman–Crippen MR) is 139 cm³/mol. The molecule has 2 aromatic carbocycles. The summed E-state index contributed by atoms with van der Waals surface area (Å²) in [4.78, 5) is 21.7. The summed E-state index contributed by atoms with van der Waals surface area (Å²) in [5, 5.41) is 1.01. The Bertz CT molecular complexity index is 1510. The number of nitrogens with one attached hydrogen (secondary N) is 1. The van der Waals surface area contributed by atoms with Crippen molar-refractivity contribution in [2.75, 3.05) is 0 Å². The Morgan fingerprint density at radius 2 is 1.80 bits per heavy atom. The van der Waals surface area contributed by atoms with E-state index >= 15 is 0 Å². The minimum Gasteiger partial charge on any atom is -0.489 e. The fraction of sp³-hybridized carbons (Fsp3) is 0.310. The van der Waals surface area contributed by atoms with Crippen molar-refractivity contribution >= 4 is 22.1 Å². The van der Waals surface area contributed by atoms with E-state index in [1.807, 2.05) is 65.5 Å². The van der Waals surface area contributed by atoms with Crippen LogP contribution in [-0.2, 0) is 13.2 Å². The highest BCUT2D eigenvalue weighted by Gasteiger charge is 2.28. The number of pyridine rings is 1. The highest BCUT2D eigenvalue weighted by molar-refractivity contribution is 6.01. The van der Waals surface area contributed by atoms with E-state index in [0.717, 1.165) is 51.8 Å². The second-order valence-corrected chi connectivity index (χ2v) is 9.72. The van der Waals surface area contributed by atoms with E-state index in [0.29, 0.717) is 19.1 Å². The van der Waals surface area contributed by atoms with E-state index in [2.05, 4.69) is 33.6 Å². The molecule has 1 fully saturated rings. The van der Waals surface area contributed by atoms with Crippen molar-refractivity contribution in [3.8, 4) is 5.75 Å². The van der Waals surface area contributed by atoms with Gasteiger partial charge in [-0.05, 0) is 48.1 Å². The summed E-state index contributed by atoms with van der Waals surface area (Å²) in [6.07, 6.45) is 8.36. The van der Waals surface area contributed by atoms with Crippen molar-refractivity contribution in [1.29, 1.82) is 0 Å². The van der Waals surface area contributed by atoms with Crippen molar-refractivity contribution in [3.63, 3.8) is 0 Å². The van der Waals surface area contributed by atoms with Gasteiger partial charge in [-0.3, -0.25) is 9.13 Å². The molecule has 35 heavy (non-hydrogen) atoms. The monoisotopic (exact) mass is 466 g/mol. The van der Waals surface area contributed by atoms with Crippen molar-refractivity contribution in [2.45, 2.75) is 51.8 Å². The van der Waals surface area contributed by atoms with Crippen LogP contribution in [0.4, 0.5) is 0 Å². The van der Waals surface area contributed by atoms with E-state index in [1.54, 1.807) is 0 Å². The predicted octanol–water partition coefficient (Wildman–Crippen LogP) is 6.06. The number of nitrogens with zero attached hydrogens (tertiary/aromatic N) is 3. The first-order chi connectivity index (χ1) is 17.2. The van der Waals surface area contributed by atoms with E-state index in [4.69, 9.17) is 4.74 Å². The van der Waals surface area contributed by atoms with Crippen molar-refractivity contribution in [1.82, 2.24) is 19.1 Å². The molecule has 0 aliphatic heterocycles. The van der Waals surface area contributed by atoms with Crippen LogP contribution < -0.4 is 10.4 Å². The van der Waals surface area contributed by atoms with Crippen LogP contribution in [0.25, 0.3) is 22.1 Å². The Morgan fingerprint density at radius 1 is 1.00 bits per heavy atom. The summed E-state index contributed by atoms with van der Waals surface area (Å²) in [6.45, 7) is 3.31. The lowest BCUT2D eigenvalue weighted by Gasteiger charge is -2.29. The first-order valence-electron chi connectivity index (χ1n) is 12.5. The number of hydrogen-bond acceptors (Lipinski definition) is 3. The number of imidazole rings is 1. The molecule has 3 aromatic heterocycles. The van der Waals surface area contributed by atoms with Gasteiger partial charge in [-0.15, -0.1) is 0 Å². The molecule has 0 radical (unpaired) electrons. The van der Waals surface area contributed by atoms with Crippen LogP contribution in [0, 0.1) is 5.92 Å². The number of rotatable bonds is 6. The number of ether oxygens (including phenoxy) is 1. The molecule has 0 amide bonds. The van der Waals surface area contributed by atoms with Gasteiger partial charge in [-0.1, -0.05) is 62.2 Å². The molecule has 178 valence electrons. The average molecular weight is 467 g/mol. The fourth-order valence-electron chi connectivity index (χ4n) is 5.52. The molecule has 0 bridgehead atoms. The zero-order chi connectivity index (χ0) is 23.8. The Labute approximate surface area is 204 Å². The maximum Gasteiger partial charge on any atom is 0.329 e. The van der Waals surface area contributed by atoms with Gasteiger partial charge in [0.05, 0.1) is 23.8 Å². The molecule has 1 aliphatic carbocycles. The number of fused-ring (bicyclic) bond motifs is 3. The minimum absolute atomic E-state index is 0.0543. The zero-order valence-corrected chi connectivity index (χ0v) is 20.0. The minimum atomic E-state index is 0.0543. The first-order valence-corrected chi connectivity index (χ1v) is 12.5. The van der Waals surface area contributed by atoms with Gasteiger partial charge in [0, 0.05) is 17.6 Å². The molecule has 2 atom stereocenters. The van der Waals surface area contributed by atoms with Gasteiger partial charge in [0.1, 0.15) is 18.0 Å². The Morgan fingerprint density at radius 3 is 2.60 bits per heavy atom. The number of hydrogen-bond donors (Lipinski definition) is 1. The van der Waals surface area contributed by atoms with Crippen molar-refractivity contribution in [2.24, 2.45) is 5.92 Å². The van der Waals surface area contributed by atoms with Crippen LogP contribution in [0.5, 0.6) is 5.75 Å². The maximum atomic E-state index is 13.9. The standard InChI is InChI=1S/C29H30N4O2/c1-20-7-5-6-10-25(20)33-27-24-15-16-30-28(24)31-17-26(27)32(29(33)34)18-21-11-13-23(14-12-21)35-19-22-8-3-2-4-9-22/h2-4,8-9,11-17,20,25H,5-7,10,18-19H2,1H3,(H,30,31)/t20-,25+/m1/s1. The van der Waals surface area contributed by atoms with E-state index in [1.165, 1.54) is 12.8 Å². The van der Waals surface area contributed by atoms with Crippen molar-refractivity contribution < 1.29 is 4.74 Å². The smallest absolute Gasteiger partial charge is 0.329 e. The molecule has 1 N–H and O–H groups in total. The van der Waals surface area contributed by atoms with Gasteiger partial charge >= 0.3 is 5.69 Å². The van der Waals surface area contributed by atoms with Gasteiger partial charge in [0.15, 0.2) is 0 Å². The van der Waals surface area contributed by atoms with Gasteiger partial charge in [0.25, 0.3) is 0 Å². The number of benzene rings is 2. The van der Waals surface area contributed by atoms with E-state index in [9.17, 15) is 4.79 Å². The summed E-state index contributed by atoms with van der Waals surface area (Å²) < 4.78 is 9.89. The molecular weight excluding hydrogens is 436 g/mol. The fourth-order valence-corrected chi connectivity index (χ4v) is 5.52. The van der Waals surface area contributed by atoms with Crippen LogP contribution >= 0.6 is 0 Å². The third-order valence-electron chi connectivity index (χ3n) is 7.42. The summed E-state index contributed by atoms with van der Waals surface area (Å²) in [5.41, 5.74) is 4.97. The van der Waals surface area contributed by atoms with Crippen LogP contribution in [0.1, 0.15) is 49.8 Å². The lowest BCUT2D eigenvalue weighted by atomic mass is 9.85. The first kappa shape index (κ1) is 21.7. The van der Waals surface area contributed by atoms with Crippen molar-refractivity contribution in [3.05, 3.63) is 94.7 Å². The lowest BCUT2D eigenvalue weighted by molar-refractivity contribution is 0.256. The van der Waals surface area contributed by atoms with Gasteiger partial charge < -0.3 is 9.72 Å². The van der Waals surface area contributed by atoms with E-state index in [-0.39, 0.29) is 11.7 Å². The molecule has 1 aliphatic rings. The molecule has 0 saturated heterocycles. The van der Waals surface area contributed by atoms with Crippen LogP contribution in [0.15, 0.2) is 77.9 Å². The molecule has 5 aromatic rings. The molecule has 6 heteroatoms. The molecule has 6 rings (SSSR count). The third kappa shape index (κ3) is 4.03. The molecule has 0 unspecified atom stereocenters. The van der Waals surface area contributed by atoms with Gasteiger partial charge in [-0.25, -0.2) is 9.78 Å². The second kappa shape index (κ2) is 9.10. The molecule has 3 heterocycles. The topological polar surface area (TPSA) is 64.8 Å². The highest BCUT2D eigenvalue weighted by atomic mass is 16.5. The zero-order valence-electron chi connectivity index (χ0n) is 20.0. The Balaban J connectivity index is 1.34. The average Bonchev–Trinajstić information content (AvgIpc) is 3.47. The normalized spacial score (nSPS) is 18.3. The maximum absolute atomic E-state index is 13.9. The molecular formula is C29H30N4O2. The van der Waals surface area contributed by atoms with Crippen LogP contribution in [0.3, 0.4) is 0 Å². The second-order valence-electron chi connectivity index (χ2n) is 9.72. The summed E-state index contributed by atoms with van der Waals surface area (Å²) in [5.74, 6) is 1.29. The summed E-state index contributed by atoms with van der Waals surface area (Å²) >= 11 is 0. The van der Waals surface area contributed by atoms with Gasteiger partial charge in [0.2, 0.25) is 0 Å².